The van der Waals surface area contributed by atoms with Crippen molar-refractivity contribution in [3.63, 3.8) is 0 Å². The summed E-state index contributed by atoms with van der Waals surface area (Å²) < 4.78 is 16.5. The molecule has 0 bridgehead atoms. The predicted octanol–water partition coefficient (Wildman–Crippen LogP) is 1.32. The van der Waals surface area contributed by atoms with Crippen molar-refractivity contribution in [2.75, 3.05) is 53.1 Å². The molecule has 0 aromatic heterocycles. The van der Waals surface area contributed by atoms with E-state index in [9.17, 15) is 4.79 Å². The Morgan fingerprint density at radius 2 is 1.92 bits per heavy atom. The molecule has 0 unspecified atom stereocenters. The zero-order valence-corrected chi connectivity index (χ0v) is 15.0. The summed E-state index contributed by atoms with van der Waals surface area (Å²) >= 11 is 0. The van der Waals surface area contributed by atoms with Gasteiger partial charge in [-0.15, -0.1) is 0 Å². The molecule has 25 heavy (non-hydrogen) atoms. The molecule has 7 heteroatoms. The predicted molar refractivity (Wildman–Crippen MR) is 94.2 cm³/mol. The van der Waals surface area contributed by atoms with Gasteiger partial charge in [-0.3, -0.25) is 4.90 Å². The Morgan fingerprint density at radius 3 is 2.68 bits per heavy atom. The first kappa shape index (κ1) is 17.8. The fourth-order valence-electron chi connectivity index (χ4n) is 3.05. The largest absolute Gasteiger partial charge is 0.486 e. The van der Waals surface area contributed by atoms with Crippen LogP contribution in [0.25, 0.3) is 0 Å². The number of amides is 2. The van der Waals surface area contributed by atoms with Gasteiger partial charge in [0.25, 0.3) is 0 Å². The number of rotatable bonds is 5. The first-order valence-electron chi connectivity index (χ1n) is 8.83. The van der Waals surface area contributed by atoms with Crippen molar-refractivity contribution in [3.05, 3.63) is 23.8 Å². The van der Waals surface area contributed by atoms with Crippen molar-refractivity contribution < 1.29 is 19.0 Å². The minimum atomic E-state index is -0.0741. The van der Waals surface area contributed by atoms with Crippen LogP contribution in [-0.2, 0) is 11.3 Å². The van der Waals surface area contributed by atoms with E-state index in [-0.39, 0.29) is 6.03 Å². The number of fused-ring (bicyclic) bond motifs is 1. The molecule has 1 N–H and O–H groups in total. The van der Waals surface area contributed by atoms with Gasteiger partial charge in [-0.25, -0.2) is 4.79 Å². The Kier molecular flexibility index (Phi) is 5.99. The van der Waals surface area contributed by atoms with E-state index in [1.54, 1.807) is 11.9 Å². The van der Waals surface area contributed by atoms with Gasteiger partial charge >= 0.3 is 6.03 Å². The van der Waals surface area contributed by atoms with E-state index >= 15 is 0 Å². The summed E-state index contributed by atoms with van der Waals surface area (Å²) in [4.78, 5) is 16.4. The third-order valence-electron chi connectivity index (χ3n) is 4.59. The molecular formula is C18H27N3O4. The Hall–Kier alpha value is -1.99. The van der Waals surface area contributed by atoms with Crippen molar-refractivity contribution in [1.82, 2.24) is 15.1 Å². The average molecular weight is 349 g/mol. The van der Waals surface area contributed by atoms with Crippen LogP contribution in [0.2, 0.25) is 0 Å². The van der Waals surface area contributed by atoms with E-state index in [1.807, 2.05) is 18.2 Å². The minimum Gasteiger partial charge on any atom is -0.486 e. The summed E-state index contributed by atoms with van der Waals surface area (Å²) in [7, 11) is 1.80. The van der Waals surface area contributed by atoms with Gasteiger partial charge < -0.3 is 24.4 Å². The van der Waals surface area contributed by atoms with Crippen LogP contribution in [-0.4, -0.2) is 75.0 Å². The van der Waals surface area contributed by atoms with Gasteiger partial charge in [0, 0.05) is 39.3 Å². The summed E-state index contributed by atoms with van der Waals surface area (Å²) in [5.41, 5.74) is 1.02. The number of nitrogens with zero attached hydrogens (tertiary/aromatic N) is 2. The van der Waals surface area contributed by atoms with Crippen LogP contribution >= 0.6 is 0 Å². The van der Waals surface area contributed by atoms with Gasteiger partial charge in [-0.1, -0.05) is 6.07 Å². The molecule has 1 aromatic carbocycles. The number of morpholine rings is 1. The molecule has 1 fully saturated rings. The number of hydrogen-bond acceptors (Lipinski definition) is 5. The normalized spacial score (nSPS) is 18.5. The lowest BCUT2D eigenvalue weighted by molar-refractivity contribution is 0.0207. The van der Waals surface area contributed by atoms with E-state index in [1.165, 1.54) is 0 Å². The van der Waals surface area contributed by atoms with E-state index < -0.39 is 0 Å². The minimum absolute atomic E-state index is 0.0741. The summed E-state index contributed by atoms with van der Waals surface area (Å²) in [6, 6.07) is 6.03. The molecule has 0 saturated carbocycles. The Bertz CT molecular complexity index is 590. The van der Waals surface area contributed by atoms with Crippen molar-refractivity contribution in [1.29, 1.82) is 0 Å². The zero-order valence-electron chi connectivity index (χ0n) is 15.0. The standard InChI is InChI=1S/C18H27N3O4/c1-14(21-5-7-23-8-6-21)12-19-18(22)20(2)13-15-3-4-16-17(11-15)25-10-9-24-16/h3-4,11,14H,5-10,12-13H2,1-2H3,(H,19,22)/t14-/m1/s1. The molecule has 1 atom stereocenters. The summed E-state index contributed by atoms with van der Waals surface area (Å²) in [6.07, 6.45) is 0. The van der Waals surface area contributed by atoms with Gasteiger partial charge in [0.1, 0.15) is 13.2 Å². The van der Waals surface area contributed by atoms with Crippen LogP contribution in [0.1, 0.15) is 12.5 Å². The topological polar surface area (TPSA) is 63.3 Å². The van der Waals surface area contributed by atoms with Gasteiger partial charge in [0.15, 0.2) is 11.5 Å². The molecule has 2 heterocycles. The Labute approximate surface area is 148 Å². The zero-order chi connectivity index (χ0) is 17.6. The SMILES string of the molecule is C[C@H](CNC(=O)N(C)Cc1ccc2c(c1)OCCO2)N1CCOCC1. The lowest BCUT2D eigenvalue weighted by Crippen LogP contribution is -2.49. The molecule has 138 valence electrons. The highest BCUT2D eigenvalue weighted by atomic mass is 16.6. The number of carbonyl (C=O) groups excluding carboxylic acids is 1. The second-order valence-electron chi connectivity index (χ2n) is 6.52. The smallest absolute Gasteiger partial charge is 0.317 e. The van der Waals surface area contributed by atoms with Crippen LogP contribution in [0, 0.1) is 0 Å². The number of urea groups is 1. The highest BCUT2D eigenvalue weighted by Crippen LogP contribution is 2.30. The molecule has 0 aliphatic carbocycles. The molecule has 2 aliphatic rings. The van der Waals surface area contributed by atoms with E-state index in [0.29, 0.717) is 32.3 Å². The summed E-state index contributed by atoms with van der Waals surface area (Å²) in [5, 5.41) is 3.01. The first-order valence-corrected chi connectivity index (χ1v) is 8.83. The monoisotopic (exact) mass is 349 g/mol. The van der Waals surface area contributed by atoms with Crippen molar-refractivity contribution >= 4 is 6.03 Å². The number of hydrogen-bond donors (Lipinski definition) is 1. The van der Waals surface area contributed by atoms with Crippen molar-refractivity contribution in [2.24, 2.45) is 0 Å². The third kappa shape index (κ3) is 4.76. The molecular weight excluding hydrogens is 322 g/mol. The molecule has 2 amide bonds. The maximum atomic E-state index is 12.3. The fraction of sp³-hybridized carbons (Fsp3) is 0.611. The number of benzene rings is 1. The lowest BCUT2D eigenvalue weighted by atomic mass is 10.2. The molecule has 0 radical (unpaired) electrons. The fourth-order valence-corrected chi connectivity index (χ4v) is 3.05. The maximum absolute atomic E-state index is 12.3. The van der Waals surface area contributed by atoms with Crippen LogP contribution < -0.4 is 14.8 Å². The summed E-state index contributed by atoms with van der Waals surface area (Å²) in [5.74, 6) is 1.51. The number of nitrogens with one attached hydrogen (secondary N) is 1. The maximum Gasteiger partial charge on any atom is 0.317 e. The molecule has 1 saturated heterocycles. The van der Waals surface area contributed by atoms with Crippen molar-refractivity contribution in [2.45, 2.75) is 19.5 Å². The Morgan fingerprint density at radius 1 is 1.20 bits per heavy atom. The molecule has 1 aromatic rings. The van der Waals surface area contributed by atoms with Crippen molar-refractivity contribution in [3.8, 4) is 11.5 Å². The van der Waals surface area contributed by atoms with Crippen LogP contribution in [0.15, 0.2) is 18.2 Å². The van der Waals surface area contributed by atoms with E-state index in [4.69, 9.17) is 14.2 Å². The lowest BCUT2D eigenvalue weighted by Gasteiger charge is -2.32. The van der Waals surface area contributed by atoms with Gasteiger partial charge in [0.2, 0.25) is 0 Å². The van der Waals surface area contributed by atoms with Crippen LogP contribution in [0.4, 0.5) is 4.79 Å². The van der Waals surface area contributed by atoms with Crippen LogP contribution in [0.5, 0.6) is 11.5 Å². The average Bonchev–Trinajstić information content (AvgIpc) is 2.66. The molecule has 7 nitrogen and oxygen atoms in total. The Balaban J connectivity index is 1.47. The van der Waals surface area contributed by atoms with Gasteiger partial charge in [-0.2, -0.15) is 0 Å². The number of ether oxygens (including phenoxy) is 3. The first-order chi connectivity index (χ1) is 12.1. The second kappa shape index (κ2) is 8.40. The van der Waals surface area contributed by atoms with Gasteiger partial charge in [0.05, 0.1) is 13.2 Å². The van der Waals surface area contributed by atoms with Crippen LogP contribution in [0.3, 0.4) is 0 Å². The molecule has 2 aliphatic heterocycles. The van der Waals surface area contributed by atoms with Gasteiger partial charge in [-0.05, 0) is 24.6 Å². The highest BCUT2D eigenvalue weighted by Gasteiger charge is 2.19. The molecule has 3 rings (SSSR count). The van der Waals surface area contributed by atoms with E-state index in [0.717, 1.165) is 43.4 Å². The highest BCUT2D eigenvalue weighted by molar-refractivity contribution is 5.73. The summed E-state index contributed by atoms with van der Waals surface area (Å²) in [6.45, 7) is 7.80. The third-order valence-corrected chi connectivity index (χ3v) is 4.59. The number of carbonyl (C=O) groups is 1. The van der Waals surface area contributed by atoms with E-state index in [2.05, 4.69) is 17.1 Å². The molecule has 0 spiro atoms. The second-order valence-corrected chi connectivity index (χ2v) is 6.52. The quantitative estimate of drug-likeness (QED) is 0.869.